The SMILES string of the molecule is ClC1=CSNC(Cl)=C1Cl. The fraction of sp³-hybridized carbons (Fsp3) is 0. The highest BCUT2D eigenvalue weighted by atomic mass is 35.5. The average Bonchev–Trinajstić information content (AvgIpc) is 1.83. The molecule has 0 aliphatic carbocycles. The predicted molar refractivity (Wildman–Crippen MR) is 43.4 cm³/mol. The minimum absolute atomic E-state index is 0.372. The van der Waals surface area contributed by atoms with Crippen LogP contribution in [0.2, 0.25) is 0 Å². The summed E-state index contributed by atoms with van der Waals surface area (Å²) in [6.07, 6.45) is 0. The van der Waals surface area contributed by atoms with E-state index >= 15 is 0 Å². The Bertz CT molecular complexity index is 186. The van der Waals surface area contributed by atoms with Gasteiger partial charge in [0.15, 0.2) is 0 Å². The van der Waals surface area contributed by atoms with Crippen LogP contribution in [0.3, 0.4) is 0 Å². The largest absolute Gasteiger partial charge is 0.315 e. The monoisotopic (exact) mass is 201 g/mol. The van der Waals surface area contributed by atoms with Crippen molar-refractivity contribution in [2.75, 3.05) is 0 Å². The standard InChI is InChI=1S/C4H2Cl3NS/c5-2-1-9-8-4(7)3(2)6/h1,8H. The van der Waals surface area contributed by atoms with Gasteiger partial charge in [0.05, 0.1) is 10.1 Å². The molecular weight excluding hydrogens is 200 g/mol. The normalized spacial score (nSPS) is 19.2. The summed E-state index contributed by atoms with van der Waals surface area (Å²) in [5.41, 5.74) is 0. The van der Waals surface area contributed by atoms with Gasteiger partial charge in [-0.3, -0.25) is 0 Å². The molecule has 0 fully saturated rings. The molecule has 1 heterocycles. The Morgan fingerprint density at radius 3 is 2.44 bits per heavy atom. The van der Waals surface area contributed by atoms with Crippen LogP contribution in [0.25, 0.3) is 0 Å². The fourth-order valence-electron chi connectivity index (χ4n) is 0.334. The Kier molecular flexibility index (Phi) is 2.59. The number of allylic oxidation sites excluding steroid dienone is 2. The van der Waals surface area contributed by atoms with E-state index in [9.17, 15) is 0 Å². The molecule has 0 saturated carbocycles. The van der Waals surface area contributed by atoms with Crippen LogP contribution in [0.4, 0.5) is 0 Å². The molecule has 0 aromatic heterocycles. The Hall–Kier alpha value is 0.500. The smallest absolute Gasteiger partial charge is 0.132 e. The average molecular weight is 202 g/mol. The van der Waals surface area contributed by atoms with Gasteiger partial charge < -0.3 is 4.72 Å². The van der Waals surface area contributed by atoms with Crippen LogP contribution in [0.15, 0.2) is 20.6 Å². The van der Waals surface area contributed by atoms with Gasteiger partial charge in [0.1, 0.15) is 5.16 Å². The van der Waals surface area contributed by atoms with Crippen LogP contribution in [-0.2, 0) is 0 Å². The molecule has 1 nitrogen and oxygen atoms in total. The van der Waals surface area contributed by atoms with Crippen LogP contribution in [-0.4, -0.2) is 0 Å². The third kappa shape index (κ3) is 1.71. The topological polar surface area (TPSA) is 12.0 Å². The molecule has 0 atom stereocenters. The summed E-state index contributed by atoms with van der Waals surface area (Å²) >= 11 is 18.0. The predicted octanol–water partition coefficient (Wildman–Crippen LogP) is 2.96. The highest BCUT2D eigenvalue weighted by Crippen LogP contribution is 2.30. The molecule has 1 aliphatic heterocycles. The molecule has 0 saturated heterocycles. The molecule has 0 spiro atoms. The van der Waals surface area contributed by atoms with Crippen LogP contribution < -0.4 is 4.72 Å². The quantitative estimate of drug-likeness (QED) is 0.479. The lowest BCUT2D eigenvalue weighted by molar-refractivity contribution is 1.34. The van der Waals surface area contributed by atoms with Crippen molar-refractivity contribution in [1.82, 2.24) is 4.72 Å². The van der Waals surface area contributed by atoms with Crippen LogP contribution >= 0.6 is 46.8 Å². The molecular formula is C4H2Cl3NS. The molecule has 9 heavy (non-hydrogen) atoms. The van der Waals surface area contributed by atoms with E-state index in [2.05, 4.69) is 4.72 Å². The molecule has 0 aromatic rings. The fourth-order valence-corrected chi connectivity index (χ4v) is 1.55. The zero-order valence-corrected chi connectivity index (χ0v) is 7.20. The van der Waals surface area contributed by atoms with Gasteiger partial charge in [-0.05, 0) is 11.9 Å². The van der Waals surface area contributed by atoms with Gasteiger partial charge in [-0.2, -0.15) is 0 Å². The number of hydrogen-bond donors (Lipinski definition) is 1. The lowest BCUT2D eigenvalue weighted by atomic mass is 10.6. The lowest BCUT2D eigenvalue weighted by Gasteiger charge is -2.08. The van der Waals surface area contributed by atoms with E-state index in [1.807, 2.05) is 0 Å². The molecule has 1 aliphatic rings. The number of hydrogen-bond acceptors (Lipinski definition) is 2. The maximum atomic E-state index is 5.59. The number of nitrogens with one attached hydrogen (secondary N) is 1. The van der Waals surface area contributed by atoms with Gasteiger partial charge in [-0.15, -0.1) is 0 Å². The van der Waals surface area contributed by atoms with Crippen molar-refractivity contribution in [3.63, 3.8) is 0 Å². The summed E-state index contributed by atoms with van der Waals surface area (Å²) < 4.78 is 2.73. The van der Waals surface area contributed by atoms with E-state index < -0.39 is 0 Å². The Morgan fingerprint density at radius 1 is 1.33 bits per heavy atom. The summed E-state index contributed by atoms with van der Waals surface area (Å²) in [5.74, 6) is 0. The van der Waals surface area contributed by atoms with Crippen molar-refractivity contribution in [1.29, 1.82) is 0 Å². The molecule has 0 amide bonds. The summed E-state index contributed by atoms with van der Waals surface area (Å²) in [4.78, 5) is 0. The van der Waals surface area contributed by atoms with Crippen molar-refractivity contribution >= 4 is 46.8 Å². The van der Waals surface area contributed by atoms with Crippen LogP contribution in [0, 0.1) is 0 Å². The molecule has 5 heteroatoms. The molecule has 1 rings (SSSR count). The summed E-state index contributed by atoms with van der Waals surface area (Å²) in [6.45, 7) is 0. The Balaban J connectivity index is 2.88. The highest BCUT2D eigenvalue weighted by Gasteiger charge is 2.09. The first-order valence-corrected chi connectivity index (χ1v) is 4.06. The molecule has 0 unspecified atom stereocenters. The Morgan fingerprint density at radius 2 is 2.00 bits per heavy atom. The summed E-state index contributed by atoms with van der Waals surface area (Å²) in [7, 11) is 0. The van der Waals surface area contributed by atoms with E-state index in [0.717, 1.165) is 0 Å². The molecule has 0 radical (unpaired) electrons. The van der Waals surface area contributed by atoms with E-state index in [1.165, 1.54) is 11.9 Å². The van der Waals surface area contributed by atoms with Crippen LogP contribution in [0.5, 0.6) is 0 Å². The van der Waals surface area contributed by atoms with Crippen LogP contribution in [0.1, 0.15) is 0 Å². The highest BCUT2D eigenvalue weighted by molar-refractivity contribution is 8.00. The third-order valence-electron chi connectivity index (χ3n) is 0.713. The van der Waals surface area contributed by atoms with E-state index in [1.54, 1.807) is 5.41 Å². The van der Waals surface area contributed by atoms with Gasteiger partial charge in [0.2, 0.25) is 0 Å². The van der Waals surface area contributed by atoms with Gasteiger partial charge in [-0.1, -0.05) is 34.8 Å². The number of rotatable bonds is 0. The zero-order valence-electron chi connectivity index (χ0n) is 4.12. The van der Waals surface area contributed by atoms with Gasteiger partial charge >= 0.3 is 0 Å². The minimum Gasteiger partial charge on any atom is -0.315 e. The maximum Gasteiger partial charge on any atom is 0.132 e. The summed E-state index contributed by atoms with van der Waals surface area (Å²) in [5, 5.41) is 2.91. The van der Waals surface area contributed by atoms with Crippen molar-refractivity contribution in [2.45, 2.75) is 0 Å². The maximum absolute atomic E-state index is 5.59. The van der Waals surface area contributed by atoms with Crippen molar-refractivity contribution in [3.8, 4) is 0 Å². The van der Waals surface area contributed by atoms with Crippen molar-refractivity contribution in [3.05, 3.63) is 20.6 Å². The Labute approximate surface area is 72.2 Å². The third-order valence-corrected chi connectivity index (χ3v) is 2.80. The minimum atomic E-state index is 0.372. The first-order valence-electron chi connectivity index (χ1n) is 2.05. The first-order chi connectivity index (χ1) is 4.22. The van der Waals surface area contributed by atoms with Gasteiger partial charge in [0.25, 0.3) is 0 Å². The molecule has 0 aromatic carbocycles. The molecule has 1 N–H and O–H groups in total. The van der Waals surface area contributed by atoms with E-state index in [-0.39, 0.29) is 0 Å². The number of halogens is 3. The second-order valence-corrected chi connectivity index (χ2v) is 3.15. The van der Waals surface area contributed by atoms with Crippen molar-refractivity contribution < 1.29 is 0 Å². The second kappa shape index (κ2) is 3.06. The van der Waals surface area contributed by atoms with Gasteiger partial charge in [0, 0.05) is 5.41 Å². The van der Waals surface area contributed by atoms with E-state index in [4.69, 9.17) is 34.8 Å². The molecule has 0 bridgehead atoms. The lowest BCUT2D eigenvalue weighted by Crippen LogP contribution is -2.01. The molecule has 50 valence electrons. The first kappa shape index (κ1) is 7.61. The second-order valence-electron chi connectivity index (χ2n) is 1.31. The van der Waals surface area contributed by atoms with Crippen molar-refractivity contribution in [2.24, 2.45) is 0 Å². The van der Waals surface area contributed by atoms with E-state index in [0.29, 0.717) is 15.2 Å². The van der Waals surface area contributed by atoms with Gasteiger partial charge in [-0.25, -0.2) is 0 Å². The summed E-state index contributed by atoms with van der Waals surface area (Å²) in [6, 6.07) is 0. The zero-order chi connectivity index (χ0) is 6.85.